The fourth-order valence-electron chi connectivity index (χ4n) is 4.06. The fourth-order valence-corrected chi connectivity index (χ4v) is 4.06. The molecule has 2 aromatic heterocycles. The number of nitrogens with one attached hydrogen (secondary N) is 1. The largest absolute Gasteiger partial charge is 0.573 e. The van der Waals surface area contributed by atoms with Crippen LogP contribution in [0.2, 0.25) is 0 Å². The first-order valence-corrected chi connectivity index (χ1v) is 12.5. The van der Waals surface area contributed by atoms with Gasteiger partial charge in [0.15, 0.2) is 11.6 Å². The van der Waals surface area contributed by atoms with Crippen LogP contribution in [0.15, 0.2) is 54.9 Å². The van der Waals surface area contributed by atoms with Crippen LogP contribution >= 0.6 is 0 Å². The van der Waals surface area contributed by atoms with E-state index in [-0.39, 0.29) is 11.7 Å². The fraction of sp³-hybridized carbons (Fsp3) is 0.321. The molecule has 0 fully saturated rings. The minimum atomic E-state index is -4.94. The van der Waals surface area contributed by atoms with E-state index in [0.29, 0.717) is 43.3 Å². The summed E-state index contributed by atoms with van der Waals surface area (Å²) in [6.07, 6.45) is -0.440. The molecule has 0 saturated heterocycles. The van der Waals surface area contributed by atoms with Gasteiger partial charge in [0.25, 0.3) is 0 Å². The van der Waals surface area contributed by atoms with E-state index in [9.17, 15) is 27.5 Å². The van der Waals surface area contributed by atoms with Crippen LogP contribution in [-0.2, 0) is 11.3 Å². The molecule has 212 valence electrons. The number of pyridine rings is 2. The van der Waals surface area contributed by atoms with Gasteiger partial charge in [-0.15, -0.1) is 13.2 Å². The second kappa shape index (κ2) is 12.9. The summed E-state index contributed by atoms with van der Waals surface area (Å²) in [5, 5.41) is 14.8. The van der Waals surface area contributed by atoms with E-state index in [0.717, 1.165) is 41.1 Å². The number of fused-ring (bicyclic) bond motifs is 3. The molecular weight excluding hydrogens is 534 g/mol. The van der Waals surface area contributed by atoms with Crippen molar-refractivity contribution in [1.29, 1.82) is 0 Å². The van der Waals surface area contributed by atoms with Crippen molar-refractivity contribution in [3.05, 3.63) is 71.8 Å². The number of hydrogen-bond acceptors (Lipinski definition) is 7. The molecule has 0 amide bonds. The Balaban J connectivity index is 1.20. The minimum absolute atomic E-state index is 0.126. The topological polar surface area (TPSA) is 103 Å². The average Bonchev–Trinajstić information content (AvgIpc) is 2.90. The molecule has 0 spiro atoms. The smallest absolute Gasteiger partial charge is 0.478 e. The summed E-state index contributed by atoms with van der Waals surface area (Å²) in [4.78, 5) is 20.1. The molecule has 2 aromatic carbocycles. The van der Waals surface area contributed by atoms with Crippen LogP contribution in [0.3, 0.4) is 0 Å². The summed E-state index contributed by atoms with van der Waals surface area (Å²) in [6, 6.07) is 9.87. The van der Waals surface area contributed by atoms with Crippen molar-refractivity contribution in [2.45, 2.75) is 38.8 Å². The number of aromatic nitrogens is 2. The van der Waals surface area contributed by atoms with Crippen molar-refractivity contribution in [3.8, 4) is 11.6 Å². The van der Waals surface area contributed by atoms with Gasteiger partial charge in [-0.25, -0.2) is 14.2 Å². The summed E-state index contributed by atoms with van der Waals surface area (Å²) < 4.78 is 65.9. The number of alkyl halides is 3. The molecule has 0 radical (unpaired) electrons. The van der Waals surface area contributed by atoms with Crippen LogP contribution in [0.25, 0.3) is 21.7 Å². The molecular formula is C28H27F4N3O5. The van der Waals surface area contributed by atoms with Gasteiger partial charge < -0.3 is 24.6 Å². The van der Waals surface area contributed by atoms with Crippen molar-refractivity contribution in [3.63, 3.8) is 0 Å². The van der Waals surface area contributed by atoms with Gasteiger partial charge in [0.05, 0.1) is 17.7 Å². The van der Waals surface area contributed by atoms with E-state index in [1.54, 1.807) is 24.5 Å². The van der Waals surface area contributed by atoms with Crippen LogP contribution in [0, 0.1) is 5.82 Å². The van der Waals surface area contributed by atoms with Crippen LogP contribution < -0.4 is 14.8 Å². The van der Waals surface area contributed by atoms with Crippen LogP contribution in [0.1, 0.15) is 35.7 Å². The zero-order valence-corrected chi connectivity index (χ0v) is 21.5. The van der Waals surface area contributed by atoms with Crippen molar-refractivity contribution in [2.24, 2.45) is 0 Å². The molecule has 2 heterocycles. The Hall–Kier alpha value is -4.03. The summed E-state index contributed by atoms with van der Waals surface area (Å²) in [5.74, 6) is -2.62. The quantitative estimate of drug-likeness (QED) is 0.119. The predicted octanol–water partition coefficient (Wildman–Crippen LogP) is 5.87. The van der Waals surface area contributed by atoms with Crippen molar-refractivity contribution >= 4 is 27.6 Å². The van der Waals surface area contributed by atoms with E-state index >= 15 is 0 Å². The van der Waals surface area contributed by atoms with Gasteiger partial charge in [-0.1, -0.05) is 12.1 Å². The van der Waals surface area contributed by atoms with E-state index in [4.69, 9.17) is 9.47 Å². The minimum Gasteiger partial charge on any atom is -0.478 e. The first kappa shape index (κ1) is 29.0. The Morgan fingerprint density at radius 3 is 2.65 bits per heavy atom. The second-order valence-electron chi connectivity index (χ2n) is 9.08. The monoisotopic (exact) mass is 561 g/mol. The summed E-state index contributed by atoms with van der Waals surface area (Å²) in [5.41, 5.74) is 1.11. The van der Waals surface area contributed by atoms with E-state index in [1.807, 2.05) is 6.92 Å². The van der Waals surface area contributed by atoms with Gasteiger partial charge in [-0.3, -0.25) is 4.98 Å². The van der Waals surface area contributed by atoms with Gasteiger partial charge in [-0.05, 0) is 62.2 Å². The highest BCUT2D eigenvalue weighted by molar-refractivity contribution is 6.08. The number of aromatic carboxylic acids is 1. The maximum Gasteiger partial charge on any atom is 0.573 e. The van der Waals surface area contributed by atoms with Crippen molar-refractivity contribution < 1.29 is 41.7 Å². The number of carbonyl (C=O) groups is 1. The zero-order chi connectivity index (χ0) is 28.7. The lowest BCUT2D eigenvalue weighted by Gasteiger charge is -2.17. The molecule has 0 aliphatic carbocycles. The van der Waals surface area contributed by atoms with Crippen molar-refractivity contribution in [2.75, 3.05) is 19.8 Å². The molecule has 2 N–H and O–H groups in total. The second-order valence-corrected chi connectivity index (χ2v) is 9.08. The van der Waals surface area contributed by atoms with E-state index in [2.05, 4.69) is 20.0 Å². The van der Waals surface area contributed by atoms with Gasteiger partial charge in [0.2, 0.25) is 5.88 Å². The zero-order valence-electron chi connectivity index (χ0n) is 21.5. The van der Waals surface area contributed by atoms with Crippen LogP contribution in [0.4, 0.5) is 17.6 Å². The Morgan fingerprint density at radius 1 is 1.07 bits per heavy atom. The molecule has 0 saturated carbocycles. The normalized spacial score (nSPS) is 12.5. The lowest BCUT2D eigenvalue weighted by Crippen LogP contribution is -2.21. The van der Waals surface area contributed by atoms with Gasteiger partial charge in [0, 0.05) is 41.7 Å². The van der Waals surface area contributed by atoms with Crippen LogP contribution in [-0.4, -0.2) is 53.3 Å². The number of carboxylic acids is 1. The number of carboxylic acid groups (broad SMARTS) is 1. The number of unbranched alkanes of at least 4 members (excludes halogenated alkanes) is 1. The molecule has 40 heavy (non-hydrogen) atoms. The lowest BCUT2D eigenvalue weighted by atomic mass is 10.1. The molecule has 8 nitrogen and oxygen atoms in total. The van der Waals surface area contributed by atoms with Gasteiger partial charge >= 0.3 is 12.3 Å². The van der Waals surface area contributed by atoms with Crippen molar-refractivity contribution in [1.82, 2.24) is 15.3 Å². The third-order valence-corrected chi connectivity index (χ3v) is 5.92. The highest BCUT2D eigenvalue weighted by atomic mass is 19.4. The standard InChI is InChI=1S/C28H27F4N3O5/c1-17(16-38-11-3-2-9-33-14-18-4-7-25(23(29)12-18)40-28(30,31)32)39-26-21-8-10-34-15-22(21)20-6-5-19(27(36)37)13-24(20)35-26/h4-8,10,12-13,15,17,33H,2-3,9,11,14,16H2,1H3,(H,36,37). The highest BCUT2D eigenvalue weighted by Crippen LogP contribution is 2.31. The maximum absolute atomic E-state index is 13.8. The summed E-state index contributed by atoms with van der Waals surface area (Å²) in [7, 11) is 0. The summed E-state index contributed by atoms with van der Waals surface area (Å²) >= 11 is 0. The summed E-state index contributed by atoms with van der Waals surface area (Å²) in [6.45, 7) is 3.53. The van der Waals surface area contributed by atoms with E-state index in [1.165, 1.54) is 18.2 Å². The number of halogens is 4. The molecule has 4 rings (SSSR count). The third-order valence-electron chi connectivity index (χ3n) is 5.92. The molecule has 4 aromatic rings. The lowest BCUT2D eigenvalue weighted by molar-refractivity contribution is -0.275. The molecule has 0 bridgehead atoms. The number of ether oxygens (including phenoxy) is 3. The highest BCUT2D eigenvalue weighted by Gasteiger charge is 2.32. The number of nitrogens with zero attached hydrogens (tertiary/aromatic N) is 2. The van der Waals surface area contributed by atoms with Gasteiger partial charge in [0.1, 0.15) is 6.10 Å². The number of benzene rings is 2. The Bertz CT molecular complexity index is 1480. The predicted molar refractivity (Wildman–Crippen MR) is 139 cm³/mol. The molecule has 12 heteroatoms. The first-order chi connectivity index (χ1) is 19.1. The molecule has 1 atom stereocenters. The molecule has 0 aliphatic heterocycles. The van der Waals surface area contributed by atoms with Gasteiger partial charge in [-0.2, -0.15) is 0 Å². The van der Waals surface area contributed by atoms with E-state index < -0.39 is 23.9 Å². The van der Waals surface area contributed by atoms with Crippen LogP contribution in [0.5, 0.6) is 11.6 Å². The molecule has 1 unspecified atom stereocenters. The average molecular weight is 562 g/mol. The Morgan fingerprint density at radius 2 is 1.90 bits per heavy atom. The number of hydrogen-bond donors (Lipinski definition) is 2. The maximum atomic E-state index is 13.8. The first-order valence-electron chi connectivity index (χ1n) is 12.5. The third kappa shape index (κ3) is 7.76. The molecule has 0 aliphatic rings. The Kier molecular flexibility index (Phi) is 9.33. The SMILES string of the molecule is CC(COCCCCNCc1ccc(OC(F)(F)F)c(F)c1)Oc1nc2cc(C(=O)O)ccc2c2cnccc12. The Labute approximate surface area is 226 Å². The number of rotatable bonds is 13.